The molecule has 0 spiro atoms. The summed E-state index contributed by atoms with van der Waals surface area (Å²) < 4.78 is 35.5. The molecule has 5 aliphatic carbocycles. The van der Waals surface area contributed by atoms with E-state index in [1.807, 2.05) is 0 Å². The van der Waals surface area contributed by atoms with E-state index in [-0.39, 0.29) is 39.4 Å². The van der Waals surface area contributed by atoms with Crippen LogP contribution in [0.25, 0.3) is 0 Å². The number of carbonyl (C=O) groups is 1. The van der Waals surface area contributed by atoms with Crippen LogP contribution in [-0.4, -0.2) is 180 Å². The van der Waals surface area contributed by atoms with Crippen LogP contribution in [0.2, 0.25) is 0 Å². The first-order valence-electron chi connectivity index (χ1n) is 24.3. The number of ether oxygens (including phenoxy) is 6. The molecule has 18 nitrogen and oxygen atoms in total. The summed E-state index contributed by atoms with van der Waals surface area (Å²) in [5.74, 6) is -0.157. The smallest absolute Gasteiger partial charge is 0.315 e. The fourth-order valence-corrected chi connectivity index (χ4v) is 14.9. The summed E-state index contributed by atoms with van der Waals surface area (Å²) in [6, 6.07) is 0. The highest BCUT2D eigenvalue weighted by molar-refractivity contribution is 5.79. The highest BCUT2D eigenvalue weighted by Gasteiger charge is 2.70. The lowest BCUT2D eigenvalue weighted by Crippen LogP contribution is -2.66. The maximum absolute atomic E-state index is 14.7. The van der Waals surface area contributed by atoms with Gasteiger partial charge in [-0.3, -0.25) is 4.79 Å². The molecule has 0 amide bonds. The Balaban J connectivity index is 0.995. The van der Waals surface area contributed by atoms with Crippen molar-refractivity contribution in [1.82, 2.24) is 0 Å². The lowest BCUT2D eigenvalue weighted by Gasteiger charge is -2.71. The van der Waals surface area contributed by atoms with E-state index >= 15 is 0 Å². The number of aliphatic hydroxyl groups excluding tert-OH is 11. The molecule has 4 saturated carbocycles. The van der Waals surface area contributed by atoms with E-state index in [4.69, 9.17) is 28.4 Å². The number of carbonyl (C=O) groups excluding carboxylic acids is 1. The maximum atomic E-state index is 14.7. The van der Waals surface area contributed by atoms with Crippen LogP contribution in [0.5, 0.6) is 0 Å². The molecule has 8 rings (SSSR count). The first-order chi connectivity index (χ1) is 30.8. The standard InChI is InChI=1S/C48H78O18/c1-43(2)14-16-48(42(60)66-41-38(59)34(55)31(52)25(20-50)63-41)17-15-46(6)22(23(48)18-43)8-9-28-45(5)12-11-29(44(3,4)27(45)10-13-47(28,46)7)65-40-37(58)35(56)32(53)26(64-40)21-61-39-36(57)33(54)30(51)24(19-49)62-39/h8,23-41,49-59H,9-21H2,1-7H3/t23?,24-,25-,26-,27?,28?,29+,30-,31-,32-,33+,34+,35+,36-,37-,38-,39-,40+,41+,45+,46-,47-,48+/m1/s1. The first kappa shape index (κ1) is 50.9. The quantitative estimate of drug-likeness (QED) is 0.0833. The zero-order valence-corrected chi connectivity index (χ0v) is 39.5. The van der Waals surface area contributed by atoms with Crippen LogP contribution in [0.4, 0.5) is 0 Å². The van der Waals surface area contributed by atoms with Crippen molar-refractivity contribution in [1.29, 1.82) is 0 Å². The number of fused-ring (bicyclic) bond motifs is 7. The van der Waals surface area contributed by atoms with Crippen LogP contribution in [0.15, 0.2) is 11.6 Å². The molecule has 11 N–H and O–H groups in total. The van der Waals surface area contributed by atoms with Crippen molar-refractivity contribution in [2.75, 3.05) is 19.8 Å². The van der Waals surface area contributed by atoms with E-state index in [1.165, 1.54) is 5.57 Å². The Morgan fingerprint density at radius 2 is 1.17 bits per heavy atom. The summed E-state index contributed by atoms with van der Waals surface area (Å²) in [5, 5.41) is 115. The van der Waals surface area contributed by atoms with Crippen molar-refractivity contribution in [2.45, 2.75) is 211 Å². The average molecular weight is 943 g/mol. The first-order valence-corrected chi connectivity index (χ1v) is 24.3. The Labute approximate surface area is 387 Å². The SMILES string of the molecule is CC1(C)CC[C@]2(C(=O)O[C@@H]3O[C@H](CO)[C@@H](O)[C@H](O)[C@H]3O)CC[C@]3(C)C(=CCC4[C@@]5(C)CC[C@H](O[C@@H]6O[C@H](CO[C@@H]7O[C@H](CO)[C@@H](O)[C@H](O)[C@H]7O)[C@@H](O)[C@H](O)[C@H]6O)C(C)(C)C5CC[C@]43C)C2C1. The molecule has 378 valence electrons. The van der Waals surface area contributed by atoms with E-state index in [2.05, 4.69) is 54.5 Å². The van der Waals surface area contributed by atoms with Crippen LogP contribution in [0, 0.1) is 50.2 Å². The van der Waals surface area contributed by atoms with Crippen LogP contribution < -0.4 is 0 Å². The molecule has 8 aliphatic rings. The third-order valence-corrected chi connectivity index (χ3v) is 19.3. The second-order valence-corrected chi connectivity index (χ2v) is 23.5. The minimum Gasteiger partial charge on any atom is -0.432 e. The second kappa shape index (κ2) is 18.0. The molecule has 0 aromatic heterocycles. The second-order valence-electron chi connectivity index (χ2n) is 23.5. The molecule has 3 aliphatic heterocycles. The number of allylic oxidation sites excluding steroid dienone is 2. The average Bonchev–Trinajstić information content (AvgIpc) is 3.26. The number of esters is 1. The van der Waals surface area contributed by atoms with Crippen LogP contribution >= 0.6 is 0 Å². The molecule has 0 radical (unpaired) electrons. The van der Waals surface area contributed by atoms with E-state index in [0.29, 0.717) is 19.3 Å². The van der Waals surface area contributed by atoms with Gasteiger partial charge in [0.1, 0.15) is 73.2 Å². The molecule has 18 heteroatoms. The van der Waals surface area contributed by atoms with Gasteiger partial charge in [-0.15, -0.1) is 0 Å². The zero-order valence-electron chi connectivity index (χ0n) is 39.5. The Morgan fingerprint density at radius 3 is 1.79 bits per heavy atom. The Kier molecular flexibility index (Phi) is 13.9. The molecule has 3 unspecified atom stereocenters. The Hall–Kier alpha value is -1.43. The summed E-state index contributed by atoms with van der Waals surface area (Å²) in [7, 11) is 0. The van der Waals surface area contributed by atoms with Crippen molar-refractivity contribution in [3.8, 4) is 0 Å². The van der Waals surface area contributed by atoms with Crippen molar-refractivity contribution < 1.29 is 89.4 Å². The van der Waals surface area contributed by atoms with E-state index in [1.54, 1.807) is 0 Å². The van der Waals surface area contributed by atoms with Gasteiger partial charge in [-0.1, -0.05) is 60.1 Å². The minimum atomic E-state index is -1.69. The number of hydrogen-bond acceptors (Lipinski definition) is 18. The van der Waals surface area contributed by atoms with Gasteiger partial charge >= 0.3 is 5.97 Å². The van der Waals surface area contributed by atoms with Crippen LogP contribution in [0.3, 0.4) is 0 Å². The molecule has 23 atom stereocenters. The predicted octanol–water partition coefficient (Wildman–Crippen LogP) is 0.141. The molecule has 0 aromatic rings. The lowest BCUT2D eigenvalue weighted by atomic mass is 9.33. The molecule has 0 aromatic carbocycles. The summed E-state index contributed by atoms with van der Waals surface area (Å²) in [6.45, 7) is 14.4. The van der Waals surface area contributed by atoms with Crippen molar-refractivity contribution in [2.24, 2.45) is 50.2 Å². The Morgan fingerprint density at radius 1 is 0.621 bits per heavy atom. The fraction of sp³-hybridized carbons (Fsp3) is 0.938. The van der Waals surface area contributed by atoms with Gasteiger partial charge in [0.15, 0.2) is 12.6 Å². The van der Waals surface area contributed by atoms with E-state index in [9.17, 15) is 61.0 Å². The number of rotatable bonds is 9. The molecule has 3 saturated heterocycles. The monoisotopic (exact) mass is 943 g/mol. The number of aliphatic hydroxyl groups is 11. The lowest BCUT2D eigenvalue weighted by molar-refractivity contribution is -0.345. The van der Waals surface area contributed by atoms with Gasteiger partial charge in [0.25, 0.3) is 0 Å². The van der Waals surface area contributed by atoms with Gasteiger partial charge < -0.3 is 84.6 Å². The van der Waals surface area contributed by atoms with Gasteiger partial charge in [-0.25, -0.2) is 0 Å². The van der Waals surface area contributed by atoms with E-state index < -0.39 is 135 Å². The fourth-order valence-electron chi connectivity index (χ4n) is 14.9. The largest absolute Gasteiger partial charge is 0.432 e. The highest BCUT2D eigenvalue weighted by Crippen LogP contribution is 2.76. The Bertz CT molecular complexity index is 1790. The normalized spacial score (nSPS) is 53.3. The number of hydrogen-bond donors (Lipinski definition) is 11. The van der Waals surface area contributed by atoms with Gasteiger partial charge in [-0.2, -0.15) is 0 Å². The van der Waals surface area contributed by atoms with Gasteiger partial charge in [0, 0.05) is 0 Å². The van der Waals surface area contributed by atoms with Gasteiger partial charge in [0.2, 0.25) is 6.29 Å². The van der Waals surface area contributed by atoms with E-state index in [0.717, 1.165) is 44.9 Å². The van der Waals surface area contributed by atoms with Gasteiger partial charge in [0.05, 0.1) is 31.3 Å². The van der Waals surface area contributed by atoms with Crippen molar-refractivity contribution >= 4 is 5.97 Å². The third kappa shape index (κ3) is 7.96. The van der Waals surface area contributed by atoms with Crippen molar-refractivity contribution in [3.05, 3.63) is 11.6 Å². The summed E-state index contributed by atoms with van der Waals surface area (Å²) >= 11 is 0. The molecular formula is C48H78O18. The summed E-state index contributed by atoms with van der Waals surface area (Å²) in [4.78, 5) is 14.7. The molecule has 7 fully saturated rings. The van der Waals surface area contributed by atoms with Crippen molar-refractivity contribution in [3.63, 3.8) is 0 Å². The topological polar surface area (TPSA) is 295 Å². The minimum absolute atomic E-state index is 0.0540. The molecule has 0 bridgehead atoms. The summed E-state index contributed by atoms with van der Waals surface area (Å²) in [6.07, 6.45) is -13.2. The highest BCUT2D eigenvalue weighted by atomic mass is 16.7. The zero-order chi connectivity index (χ0) is 48.3. The maximum Gasteiger partial charge on any atom is 0.315 e. The molecule has 3 heterocycles. The van der Waals surface area contributed by atoms with Crippen LogP contribution in [0.1, 0.15) is 113 Å². The predicted molar refractivity (Wildman–Crippen MR) is 230 cm³/mol. The third-order valence-electron chi connectivity index (χ3n) is 19.3. The summed E-state index contributed by atoms with van der Waals surface area (Å²) in [5.41, 5.74) is -0.613. The van der Waals surface area contributed by atoms with Gasteiger partial charge in [-0.05, 0) is 109 Å². The van der Waals surface area contributed by atoms with Crippen LogP contribution in [-0.2, 0) is 33.2 Å². The molecular weight excluding hydrogens is 865 g/mol. The molecule has 66 heavy (non-hydrogen) atoms.